The Morgan fingerprint density at radius 3 is 1.06 bits per heavy atom. The fourth-order valence-corrected chi connectivity index (χ4v) is 13.3. The average Bonchev–Trinajstić information content (AvgIpc) is 1.65. The maximum absolute atomic E-state index is 5.80. The third-order valence-corrected chi connectivity index (χ3v) is 19.3. The molecule has 0 aliphatic heterocycles. The van der Waals surface area contributed by atoms with Crippen LogP contribution in [0.5, 0.6) is 0 Å². The molecular formula is C109H70Ir4N12O4-8. The Bertz CT molecular complexity index is 6740. The second-order valence-electron chi connectivity index (χ2n) is 27.7. The summed E-state index contributed by atoms with van der Waals surface area (Å²) in [6, 6.07) is 132. The predicted molar refractivity (Wildman–Crippen MR) is 493 cm³/mol. The van der Waals surface area contributed by atoms with Gasteiger partial charge < -0.3 is 67.5 Å². The van der Waals surface area contributed by atoms with Crippen LogP contribution in [0.2, 0.25) is 0 Å². The van der Waals surface area contributed by atoms with Gasteiger partial charge in [-0.05, 0) is 166 Å². The van der Waals surface area contributed by atoms with Crippen molar-refractivity contribution in [3.05, 3.63) is 462 Å². The van der Waals surface area contributed by atoms with Crippen LogP contribution in [0.15, 0.2) is 425 Å². The molecule has 0 aliphatic rings. The molecule has 634 valence electrons. The molecule has 4 radical (unpaired) electrons. The van der Waals surface area contributed by atoms with Crippen molar-refractivity contribution in [3.8, 4) is 90.2 Å². The van der Waals surface area contributed by atoms with Crippen LogP contribution in [0, 0.1) is 55.7 Å². The largest absolute Gasteiger partial charge is 0.483 e. The van der Waals surface area contributed by atoms with Crippen LogP contribution in [0.25, 0.3) is 178 Å². The molecule has 129 heavy (non-hydrogen) atoms. The van der Waals surface area contributed by atoms with Crippen molar-refractivity contribution >= 4 is 88.3 Å². The van der Waals surface area contributed by atoms with Crippen molar-refractivity contribution in [3.63, 3.8) is 0 Å². The van der Waals surface area contributed by atoms with Crippen LogP contribution in [0.4, 0.5) is 0 Å². The number of furan rings is 4. The van der Waals surface area contributed by atoms with Gasteiger partial charge in [0, 0.05) is 152 Å². The fraction of sp³-hybridized carbons (Fsp3) is 0.00917. The first-order chi connectivity index (χ1) is 61.9. The number of aromatic nitrogens is 12. The molecule has 0 atom stereocenters. The van der Waals surface area contributed by atoms with Crippen molar-refractivity contribution in [2.45, 2.75) is 6.92 Å². The molecule has 16 aromatic heterocycles. The van der Waals surface area contributed by atoms with Crippen molar-refractivity contribution in [2.75, 3.05) is 0 Å². The van der Waals surface area contributed by atoms with Crippen molar-refractivity contribution < 1.29 is 98.1 Å². The van der Waals surface area contributed by atoms with E-state index in [9.17, 15) is 0 Å². The Balaban J connectivity index is 0.000000126. The molecule has 20 heteroatoms. The van der Waals surface area contributed by atoms with E-state index in [0.717, 1.165) is 161 Å². The maximum Gasteiger partial charge on any atom is 0.169 e. The van der Waals surface area contributed by atoms with Crippen LogP contribution in [-0.2, 0) is 80.4 Å². The summed E-state index contributed by atoms with van der Waals surface area (Å²) >= 11 is 0. The molecule has 0 amide bonds. The van der Waals surface area contributed by atoms with Crippen molar-refractivity contribution in [2.24, 2.45) is 0 Å². The standard InChI is InChI=1S/C17H11N2O.3C16H9N2O.4C11H8N.4Ir/c1-11-6-7-18-15(8-11)12-9-14-13-4-2-3-5-16(13)20-17(14)19-10-12;1-2-7-15-11(5-1)12-8-9-14(18-16(12)19-15)13-6-3-4-10-17-13;1-2-7-14-12(5-1)16-15(19-14)9-11(10-18-16)13-6-3-4-8-17-13;1-2-8-17-13(4-1)11-6-7-12-15(10-11)19-14-5-3-9-18-16(12)14;4*1-2-6-10(7-3-1)11-8-4-5-9-12-11;;;;/h2-9H,1H3;1-8,10H;1-9H;1-5,7-10H;4*1-6,8-9H;;;;/q8*-1;;;;. The van der Waals surface area contributed by atoms with Gasteiger partial charge in [0.2, 0.25) is 0 Å². The number of nitrogens with zero attached hydrogens (tertiary/aromatic N) is 12. The molecule has 16 heterocycles. The number of para-hydroxylation sites is 3. The quantitative estimate of drug-likeness (QED) is 0.130. The van der Waals surface area contributed by atoms with E-state index in [2.05, 4.69) is 109 Å². The molecule has 0 saturated heterocycles. The first-order valence-corrected chi connectivity index (χ1v) is 39.9. The summed E-state index contributed by atoms with van der Waals surface area (Å²) in [5, 5.41) is 6.11. The van der Waals surface area contributed by atoms with Gasteiger partial charge in [-0.15, -0.1) is 178 Å². The molecule has 24 aromatic rings. The van der Waals surface area contributed by atoms with Gasteiger partial charge >= 0.3 is 0 Å². The minimum atomic E-state index is 0. The monoisotopic (exact) mass is 2380 g/mol. The number of benzene rings is 8. The van der Waals surface area contributed by atoms with Crippen molar-refractivity contribution in [1.29, 1.82) is 0 Å². The molecule has 24 rings (SSSR count). The second kappa shape index (κ2) is 46.5. The number of aryl methyl sites for hydroxylation is 1. The third-order valence-electron chi connectivity index (χ3n) is 19.3. The zero-order chi connectivity index (χ0) is 84.4. The van der Waals surface area contributed by atoms with E-state index in [1.54, 1.807) is 55.8 Å². The van der Waals surface area contributed by atoms with Gasteiger partial charge in [-0.1, -0.05) is 169 Å². The van der Waals surface area contributed by atoms with E-state index in [1.807, 2.05) is 359 Å². The minimum Gasteiger partial charge on any atom is -0.483 e. The summed E-state index contributed by atoms with van der Waals surface area (Å²) in [5.41, 5.74) is 23.8. The Labute approximate surface area is 798 Å². The molecular weight excluding hydrogens is 2310 g/mol. The number of hydrogen-bond acceptors (Lipinski definition) is 16. The van der Waals surface area contributed by atoms with E-state index in [-0.39, 0.29) is 80.4 Å². The molecule has 0 N–H and O–H groups in total. The molecule has 0 aliphatic carbocycles. The molecule has 16 nitrogen and oxygen atoms in total. The summed E-state index contributed by atoms with van der Waals surface area (Å²) < 4.78 is 23.1. The molecule has 0 bridgehead atoms. The topological polar surface area (TPSA) is 207 Å². The maximum atomic E-state index is 5.80. The van der Waals surface area contributed by atoms with E-state index in [1.165, 1.54) is 5.56 Å². The Hall–Kier alpha value is -14.6. The molecule has 0 unspecified atom stereocenters. The van der Waals surface area contributed by atoms with E-state index in [4.69, 9.17) is 17.7 Å². The second-order valence-corrected chi connectivity index (χ2v) is 27.7. The smallest absolute Gasteiger partial charge is 0.169 e. The predicted octanol–water partition coefficient (Wildman–Crippen LogP) is 25.9. The SMILES string of the molecule is Cc1ccnc(-c2[c-]nc3oc4ccccc4c3c2)c1.[Ir].[Ir].[Ir].[Ir].[c-]1cc2c(cc1-c1ccccn1)oc1cccnc12.[c-]1cc2c(nc1-c1ccccn1)oc1ccccc12.[c-]1ccccc1-c1ccccn1.[c-]1ccccc1-c1ccccn1.[c-]1ccccc1-c1ccccn1.[c-]1ccccc1-c1ccccn1.[c-]1nc2c(cc1-c1ccccn1)oc1ccccc12. The summed E-state index contributed by atoms with van der Waals surface area (Å²) in [6.45, 7) is 2.05. The first-order valence-electron chi connectivity index (χ1n) is 39.9. The number of hydrogen-bond donors (Lipinski definition) is 0. The van der Waals surface area contributed by atoms with Crippen LogP contribution < -0.4 is 0 Å². The summed E-state index contributed by atoms with van der Waals surface area (Å²) in [7, 11) is 0. The van der Waals surface area contributed by atoms with Gasteiger partial charge in [-0.2, -0.15) is 12.1 Å². The zero-order valence-corrected chi connectivity index (χ0v) is 78.1. The Morgan fingerprint density at radius 2 is 0.589 bits per heavy atom. The number of pyridine rings is 12. The number of rotatable bonds is 8. The summed E-state index contributed by atoms with van der Waals surface area (Å²) in [6.07, 6.45) is 22.0. The van der Waals surface area contributed by atoms with Gasteiger partial charge in [0.25, 0.3) is 0 Å². The van der Waals surface area contributed by atoms with Gasteiger partial charge in [0.1, 0.15) is 28.0 Å². The Kier molecular flexibility index (Phi) is 33.2. The van der Waals surface area contributed by atoms with E-state index in [0.29, 0.717) is 17.1 Å². The van der Waals surface area contributed by atoms with E-state index >= 15 is 0 Å². The molecule has 0 fully saturated rings. The zero-order valence-electron chi connectivity index (χ0n) is 68.5. The Morgan fingerprint density at radius 1 is 0.217 bits per heavy atom. The normalized spacial score (nSPS) is 10.3. The van der Waals surface area contributed by atoms with Gasteiger partial charge in [0.15, 0.2) is 5.71 Å². The van der Waals surface area contributed by atoms with Gasteiger partial charge in [0.05, 0.1) is 16.7 Å². The third kappa shape index (κ3) is 23.7. The summed E-state index contributed by atoms with van der Waals surface area (Å²) in [5.74, 6) is 0. The average molecular weight is 2380 g/mol. The van der Waals surface area contributed by atoms with Crippen LogP contribution in [-0.4, -0.2) is 59.8 Å². The van der Waals surface area contributed by atoms with Crippen LogP contribution >= 0.6 is 0 Å². The van der Waals surface area contributed by atoms with E-state index < -0.39 is 0 Å². The van der Waals surface area contributed by atoms with Gasteiger partial charge in [-0.25, -0.2) is 4.98 Å². The van der Waals surface area contributed by atoms with Crippen LogP contribution in [0.3, 0.4) is 0 Å². The van der Waals surface area contributed by atoms with Crippen LogP contribution in [0.1, 0.15) is 5.56 Å². The molecule has 8 aromatic carbocycles. The molecule has 0 spiro atoms. The minimum absolute atomic E-state index is 0. The van der Waals surface area contributed by atoms with Gasteiger partial charge in [-0.3, -0.25) is 4.98 Å². The summed E-state index contributed by atoms with van der Waals surface area (Å²) in [4.78, 5) is 51.7. The van der Waals surface area contributed by atoms with Crippen molar-refractivity contribution in [1.82, 2.24) is 59.8 Å². The molecule has 0 saturated carbocycles. The first kappa shape index (κ1) is 92.0. The fourth-order valence-electron chi connectivity index (χ4n) is 13.3. The number of fused-ring (bicyclic) bond motifs is 12.